The van der Waals surface area contributed by atoms with E-state index in [1.54, 1.807) is 69.2 Å². The third-order valence-corrected chi connectivity index (χ3v) is 6.56. The van der Waals surface area contributed by atoms with Crippen molar-refractivity contribution in [3.05, 3.63) is 90.0 Å². The quantitative estimate of drug-likeness (QED) is 0.314. The van der Waals surface area contributed by atoms with Gasteiger partial charge in [0.15, 0.2) is 0 Å². The largest absolute Gasteiger partial charge is 0.508 e. The van der Waals surface area contributed by atoms with E-state index in [2.05, 4.69) is 10.6 Å². The second-order valence-corrected chi connectivity index (χ2v) is 11.1. The lowest BCUT2D eigenvalue weighted by Crippen LogP contribution is -2.54. The summed E-state index contributed by atoms with van der Waals surface area (Å²) < 4.78 is 10.7. The van der Waals surface area contributed by atoms with Gasteiger partial charge in [-0.3, -0.25) is 9.59 Å². The minimum absolute atomic E-state index is 0.0932. The maximum Gasteiger partial charge on any atom is 0.408 e. The zero-order chi connectivity index (χ0) is 29.6. The van der Waals surface area contributed by atoms with Gasteiger partial charge in [-0.2, -0.15) is 0 Å². The first-order valence-corrected chi connectivity index (χ1v) is 13.6. The van der Waals surface area contributed by atoms with Gasteiger partial charge in [0.05, 0.1) is 7.11 Å². The van der Waals surface area contributed by atoms with Crippen molar-refractivity contribution >= 4 is 23.6 Å². The van der Waals surface area contributed by atoms with Crippen LogP contribution in [0.4, 0.5) is 10.5 Å². The van der Waals surface area contributed by atoms with Crippen molar-refractivity contribution in [1.29, 1.82) is 0 Å². The molecule has 1 aliphatic carbocycles. The predicted octanol–water partition coefficient (Wildman–Crippen LogP) is 5.21. The van der Waals surface area contributed by atoms with Gasteiger partial charge in [-0.25, -0.2) is 4.79 Å². The first kappa shape index (κ1) is 29.5. The number of aromatic hydroxyl groups is 1. The van der Waals surface area contributed by atoms with E-state index in [0.717, 1.165) is 18.4 Å². The molecule has 9 nitrogen and oxygen atoms in total. The molecule has 3 aromatic carbocycles. The molecule has 0 aliphatic heterocycles. The zero-order valence-electron chi connectivity index (χ0n) is 23.8. The molecule has 1 saturated carbocycles. The molecule has 0 saturated heterocycles. The number of hydrogen-bond donors (Lipinski definition) is 3. The van der Waals surface area contributed by atoms with Crippen LogP contribution in [0.25, 0.3) is 0 Å². The lowest BCUT2D eigenvalue weighted by atomic mass is 10.00. The fourth-order valence-electron chi connectivity index (χ4n) is 4.53. The van der Waals surface area contributed by atoms with E-state index < -0.39 is 29.7 Å². The summed E-state index contributed by atoms with van der Waals surface area (Å²) in [5, 5.41) is 15.4. The Balaban J connectivity index is 1.68. The first-order chi connectivity index (χ1) is 19.5. The summed E-state index contributed by atoms with van der Waals surface area (Å²) in [5.41, 5.74) is 1.18. The van der Waals surface area contributed by atoms with Crippen LogP contribution in [0.5, 0.6) is 11.5 Å². The number of carbonyl (C=O) groups is 3. The van der Waals surface area contributed by atoms with Crippen LogP contribution in [-0.4, -0.2) is 52.7 Å². The molecule has 0 radical (unpaired) electrons. The number of carbonyl (C=O) groups excluding carboxylic acids is 3. The second kappa shape index (κ2) is 12.8. The predicted molar refractivity (Wildman–Crippen MR) is 156 cm³/mol. The Labute approximate surface area is 240 Å². The van der Waals surface area contributed by atoms with Crippen molar-refractivity contribution in [1.82, 2.24) is 10.2 Å². The van der Waals surface area contributed by atoms with Crippen LogP contribution in [0.15, 0.2) is 78.9 Å². The lowest BCUT2D eigenvalue weighted by molar-refractivity contribution is -0.141. The summed E-state index contributed by atoms with van der Waals surface area (Å²) in [6.45, 7) is 5.23. The van der Waals surface area contributed by atoms with Gasteiger partial charge in [0.2, 0.25) is 5.91 Å². The molecule has 41 heavy (non-hydrogen) atoms. The van der Waals surface area contributed by atoms with Gasteiger partial charge in [0.25, 0.3) is 5.91 Å². The van der Waals surface area contributed by atoms with Gasteiger partial charge in [-0.1, -0.05) is 42.5 Å². The molecule has 2 unspecified atom stereocenters. The number of methoxy groups -OCH3 is 1. The van der Waals surface area contributed by atoms with Crippen molar-refractivity contribution < 1.29 is 29.0 Å². The van der Waals surface area contributed by atoms with Crippen LogP contribution >= 0.6 is 0 Å². The fraction of sp³-hybridized carbons (Fsp3) is 0.344. The summed E-state index contributed by atoms with van der Waals surface area (Å²) in [6, 6.07) is 20.4. The summed E-state index contributed by atoms with van der Waals surface area (Å²) in [4.78, 5) is 42.7. The van der Waals surface area contributed by atoms with Gasteiger partial charge in [0, 0.05) is 18.2 Å². The number of alkyl carbamates (subject to hydrolysis) is 1. The Morgan fingerprint density at radius 1 is 0.951 bits per heavy atom. The molecule has 4 rings (SSSR count). The number of phenolic OH excluding ortho intramolecular Hbond substituents is 1. The van der Waals surface area contributed by atoms with Crippen molar-refractivity contribution in [2.24, 2.45) is 0 Å². The molecule has 3 amide bonds. The summed E-state index contributed by atoms with van der Waals surface area (Å²) in [6.07, 6.45) is 0.889. The molecular weight excluding hydrogens is 522 g/mol. The highest BCUT2D eigenvalue weighted by Crippen LogP contribution is 2.36. The SMILES string of the molecule is COc1ccc(NC(=O)C(c2ccccc2)N(C(=O)C(Cc2ccc(O)cc2)NC(=O)OC(C)(C)C)C2CC2)cc1. The van der Waals surface area contributed by atoms with E-state index >= 15 is 0 Å². The number of nitrogens with zero attached hydrogens (tertiary/aromatic N) is 1. The highest BCUT2D eigenvalue weighted by molar-refractivity contribution is 5.99. The monoisotopic (exact) mass is 559 g/mol. The van der Waals surface area contributed by atoms with E-state index in [0.29, 0.717) is 17.0 Å². The topological polar surface area (TPSA) is 117 Å². The smallest absolute Gasteiger partial charge is 0.408 e. The van der Waals surface area contributed by atoms with Crippen LogP contribution in [0.2, 0.25) is 0 Å². The Morgan fingerprint density at radius 3 is 2.15 bits per heavy atom. The fourth-order valence-corrected chi connectivity index (χ4v) is 4.53. The minimum atomic E-state index is -1.02. The average molecular weight is 560 g/mol. The number of amides is 3. The van der Waals surface area contributed by atoms with E-state index in [1.165, 1.54) is 12.1 Å². The molecule has 0 spiro atoms. The molecule has 0 heterocycles. The molecule has 0 aromatic heterocycles. The van der Waals surface area contributed by atoms with Crippen molar-refractivity contribution in [3.63, 3.8) is 0 Å². The number of benzene rings is 3. The zero-order valence-corrected chi connectivity index (χ0v) is 23.8. The van der Waals surface area contributed by atoms with Crippen LogP contribution in [-0.2, 0) is 20.7 Å². The number of nitrogens with one attached hydrogen (secondary N) is 2. The molecule has 0 bridgehead atoms. The van der Waals surface area contributed by atoms with Crippen molar-refractivity contribution in [2.75, 3.05) is 12.4 Å². The van der Waals surface area contributed by atoms with Gasteiger partial charge in [-0.15, -0.1) is 0 Å². The Bertz CT molecular complexity index is 1330. The Hall–Kier alpha value is -4.53. The van der Waals surface area contributed by atoms with Gasteiger partial charge < -0.3 is 30.1 Å². The van der Waals surface area contributed by atoms with Gasteiger partial charge in [-0.05, 0) is 81.1 Å². The standard InChI is InChI=1S/C32H37N3O6/c1-32(2,3)41-31(39)34-27(20-21-10-16-25(36)17-11-21)30(38)35(24-14-15-24)28(22-8-6-5-7-9-22)29(37)33-23-12-18-26(40-4)19-13-23/h5-13,16-19,24,27-28,36H,14-15,20H2,1-4H3,(H,33,37)(H,34,39). The number of anilines is 1. The molecule has 1 fully saturated rings. The molecule has 3 aromatic rings. The van der Waals surface area contributed by atoms with E-state index in [1.807, 2.05) is 30.3 Å². The van der Waals surface area contributed by atoms with Crippen LogP contribution in [0, 0.1) is 0 Å². The van der Waals surface area contributed by atoms with Gasteiger partial charge >= 0.3 is 6.09 Å². The normalized spacial score (nSPS) is 14.3. The second-order valence-electron chi connectivity index (χ2n) is 11.1. The van der Waals surface area contributed by atoms with E-state index in [-0.39, 0.29) is 24.1 Å². The molecule has 2 atom stereocenters. The molecule has 3 N–H and O–H groups in total. The van der Waals surface area contributed by atoms with Crippen molar-refractivity contribution in [3.8, 4) is 11.5 Å². The highest BCUT2D eigenvalue weighted by atomic mass is 16.6. The highest BCUT2D eigenvalue weighted by Gasteiger charge is 2.44. The average Bonchev–Trinajstić information content (AvgIpc) is 3.77. The number of phenols is 1. The molecule has 9 heteroatoms. The van der Waals surface area contributed by atoms with Gasteiger partial charge in [0.1, 0.15) is 29.2 Å². The van der Waals surface area contributed by atoms with Crippen LogP contribution in [0.1, 0.15) is 50.8 Å². The first-order valence-electron chi connectivity index (χ1n) is 13.6. The van der Waals surface area contributed by atoms with E-state index in [4.69, 9.17) is 9.47 Å². The maximum absolute atomic E-state index is 14.4. The number of ether oxygens (including phenoxy) is 2. The summed E-state index contributed by atoms with van der Waals surface area (Å²) in [5.74, 6) is -0.0224. The lowest BCUT2D eigenvalue weighted by Gasteiger charge is -2.34. The van der Waals surface area contributed by atoms with Crippen molar-refractivity contribution in [2.45, 2.75) is 63.8 Å². The molecule has 1 aliphatic rings. The maximum atomic E-state index is 14.4. The third kappa shape index (κ3) is 8.23. The minimum Gasteiger partial charge on any atom is -0.508 e. The molecular formula is C32H37N3O6. The number of rotatable bonds is 10. The van der Waals surface area contributed by atoms with Crippen LogP contribution in [0.3, 0.4) is 0 Å². The third-order valence-electron chi connectivity index (χ3n) is 6.56. The number of hydrogen-bond acceptors (Lipinski definition) is 6. The van der Waals surface area contributed by atoms with Crippen LogP contribution < -0.4 is 15.4 Å². The van der Waals surface area contributed by atoms with E-state index in [9.17, 15) is 19.5 Å². The summed E-state index contributed by atoms with van der Waals surface area (Å²) in [7, 11) is 1.57. The Morgan fingerprint density at radius 2 is 1.59 bits per heavy atom. The molecule has 216 valence electrons. The summed E-state index contributed by atoms with van der Waals surface area (Å²) >= 11 is 0. The Kier molecular flexibility index (Phi) is 9.17.